The minimum absolute atomic E-state index is 0.371. The van der Waals surface area contributed by atoms with Crippen LogP contribution in [0.2, 0.25) is 0 Å². The molecule has 26 heavy (non-hydrogen) atoms. The molecule has 1 aliphatic rings. The zero-order valence-electron chi connectivity index (χ0n) is 16.9. The quantitative estimate of drug-likeness (QED) is 0.830. The Hall–Kier alpha value is -1.60. The van der Waals surface area contributed by atoms with Crippen molar-refractivity contribution < 1.29 is 23.2 Å². The molecule has 0 saturated carbocycles. The third-order valence-electron chi connectivity index (χ3n) is 4.75. The van der Waals surface area contributed by atoms with Gasteiger partial charge in [-0.2, -0.15) is 0 Å². The van der Waals surface area contributed by atoms with Crippen molar-refractivity contribution in [3.05, 3.63) is 29.6 Å². The van der Waals surface area contributed by atoms with E-state index in [9.17, 15) is 9.18 Å². The van der Waals surface area contributed by atoms with Crippen molar-refractivity contribution in [2.24, 2.45) is 0 Å². The summed E-state index contributed by atoms with van der Waals surface area (Å²) in [4.78, 5) is 11.9. The molecule has 0 aliphatic carbocycles. The molecule has 0 unspecified atom stereocenters. The second-order valence-electron chi connectivity index (χ2n) is 8.74. The Kier molecular flexibility index (Phi) is 5.46. The van der Waals surface area contributed by atoms with Crippen LogP contribution in [-0.2, 0) is 14.0 Å². The number of rotatable bonds is 3. The van der Waals surface area contributed by atoms with Gasteiger partial charge in [0.05, 0.1) is 17.2 Å². The van der Waals surface area contributed by atoms with Crippen LogP contribution in [0.15, 0.2) is 18.2 Å². The van der Waals surface area contributed by atoms with Crippen LogP contribution in [0.3, 0.4) is 0 Å². The van der Waals surface area contributed by atoms with E-state index in [0.29, 0.717) is 11.0 Å². The molecule has 7 heteroatoms. The van der Waals surface area contributed by atoms with Crippen molar-refractivity contribution >= 4 is 18.7 Å². The maximum Gasteiger partial charge on any atom is 0.494 e. The monoisotopic (exact) mass is 365 g/mol. The molecule has 2 rings (SSSR count). The van der Waals surface area contributed by atoms with Crippen LogP contribution in [0, 0.1) is 5.82 Å². The topological polar surface area (TPSA) is 56.8 Å². The first kappa shape index (κ1) is 20.7. The van der Waals surface area contributed by atoms with Gasteiger partial charge in [-0.3, -0.25) is 0 Å². The number of alkyl carbamates (subject to hydrolysis) is 1. The van der Waals surface area contributed by atoms with Crippen molar-refractivity contribution in [1.29, 1.82) is 0 Å². The van der Waals surface area contributed by atoms with E-state index in [2.05, 4.69) is 5.32 Å². The predicted molar refractivity (Wildman–Crippen MR) is 99.9 cm³/mol. The average Bonchev–Trinajstić information content (AvgIpc) is 2.64. The predicted octanol–water partition coefficient (Wildman–Crippen LogP) is 3.71. The van der Waals surface area contributed by atoms with Gasteiger partial charge in [0.25, 0.3) is 0 Å². The fourth-order valence-corrected chi connectivity index (χ4v) is 2.58. The number of hydrogen-bond acceptors (Lipinski definition) is 4. The summed E-state index contributed by atoms with van der Waals surface area (Å²) < 4.78 is 31.7. The van der Waals surface area contributed by atoms with Gasteiger partial charge < -0.3 is 19.4 Å². The summed E-state index contributed by atoms with van der Waals surface area (Å²) in [6.45, 7) is 14.8. The standard InChI is InChI=1S/C19H29BFNO4/c1-12(22-16(23)24-17(2,3)4)14-10-9-13(11-15(14)21)20-25-18(5,6)19(7,8)26-20/h9-12H,1-8H3,(H,22,23)/t12-/m1/s1. The minimum atomic E-state index is -0.627. The summed E-state index contributed by atoms with van der Waals surface area (Å²) in [5.74, 6) is -0.430. The summed E-state index contributed by atoms with van der Waals surface area (Å²) in [6.07, 6.45) is -0.584. The maximum atomic E-state index is 14.6. The van der Waals surface area contributed by atoms with Gasteiger partial charge in [0.15, 0.2) is 0 Å². The Morgan fingerprint density at radius 1 is 1.19 bits per heavy atom. The van der Waals surface area contributed by atoms with Crippen LogP contribution in [0.25, 0.3) is 0 Å². The molecule has 0 spiro atoms. The average molecular weight is 365 g/mol. The van der Waals surface area contributed by atoms with Crippen LogP contribution in [0.4, 0.5) is 9.18 Å². The largest absolute Gasteiger partial charge is 0.494 e. The van der Waals surface area contributed by atoms with Gasteiger partial charge >= 0.3 is 13.2 Å². The summed E-state index contributed by atoms with van der Waals surface area (Å²) in [6, 6.07) is 4.26. The molecule has 1 amide bonds. The van der Waals surface area contributed by atoms with Gasteiger partial charge in [-0.1, -0.05) is 12.1 Å². The Labute approximate surface area is 155 Å². The highest BCUT2D eigenvalue weighted by atomic mass is 19.1. The first-order chi connectivity index (χ1) is 11.7. The van der Waals surface area contributed by atoms with Crippen molar-refractivity contribution in [3.8, 4) is 0 Å². The van der Waals surface area contributed by atoms with Crippen LogP contribution in [-0.4, -0.2) is 30.0 Å². The lowest BCUT2D eigenvalue weighted by Crippen LogP contribution is -2.41. The highest BCUT2D eigenvalue weighted by Gasteiger charge is 2.51. The summed E-state index contributed by atoms with van der Waals surface area (Å²) in [7, 11) is -0.627. The minimum Gasteiger partial charge on any atom is -0.444 e. The van der Waals surface area contributed by atoms with Crippen molar-refractivity contribution in [1.82, 2.24) is 5.32 Å². The SMILES string of the molecule is C[C@@H](NC(=O)OC(C)(C)C)c1ccc(B2OC(C)(C)C(C)(C)O2)cc1F. The number of halogens is 1. The van der Waals surface area contributed by atoms with Gasteiger partial charge in [-0.25, -0.2) is 9.18 Å². The third kappa shape index (κ3) is 4.57. The van der Waals surface area contributed by atoms with E-state index < -0.39 is 41.9 Å². The first-order valence-corrected chi connectivity index (χ1v) is 8.86. The van der Waals surface area contributed by atoms with Crippen molar-refractivity contribution in [3.63, 3.8) is 0 Å². The number of hydrogen-bond donors (Lipinski definition) is 1. The lowest BCUT2D eigenvalue weighted by Gasteiger charge is -2.32. The lowest BCUT2D eigenvalue weighted by atomic mass is 9.78. The molecule has 1 fully saturated rings. The molecule has 1 atom stereocenters. The highest BCUT2D eigenvalue weighted by Crippen LogP contribution is 2.36. The van der Waals surface area contributed by atoms with E-state index in [1.165, 1.54) is 6.07 Å². The summed E-state index contributed by atoms with van der Waals surface area (Å²) >= 11 is 0. The number of carbonyl (C=O) groups excluding carboxylic acids is 1. The highest BCUT2D eigenvalue weighted by molar-refractivity contribution is 6.62. The fourth-order valence-electron chi connectivity index (χ4n) is 2.58. The van der Waals surface area contributed by atoms with E-state index in [0.717, 1.165) is 0 Å². The number of nitrogens with one attached hydrogen (secondary N) is 1. The molecule has 1 N–H and O–H groups in total. The van der Waals surface area contributed by atoms with Gasteiger partial charge in [0.1, 0.15) is 11.4 Å². The van der Waals surface area contributed by atoms with E-state index in [1.54, 1.807) is 39.8 Å². The van der Waals surface area contributed by atoms with E-state index in [4.69, 9.17) is 14.0 Å². The summed E-state index contributed by atoms with van der Waals surface area (Å²) in [5.41, 5.74) is -0.606. The van der Waals surface area contributed by atoms with E-state index in [-0.39, 0.29) is 0 Å². The molecule has 1 aromatic rings. The zero-order valence-corrected chi connectivity index (χ0v) is 16.9. The second-order valence-corrected chi connectivity index (χ2v) is 8.74. The Bertz CT molecular complexity index is 669. The molecular weight excluding hydrogens is 336 g/mol. The van der Waals surface area contributed by atoms with Crippen LogP contribution < -0.4 is 10.8 Å². The van der Waals surface area contributed by atoms with Gasteiger partial charge in [0, 0.05) is 5.56 Å². The molecule has 144 valence electrons. The summed E-state index contributed by atoms with van der Waals surface area (Å²) in [5, 5.41) is 2.65. The van der Waals surface area contributed by atoms with Crippen LogP contribution >= 0.6 is 0 Å². The molecule has 1 aliphatic heterocycles. The molecular formula is C19H29BFNO4. The van der Waals surface area contributed by atoms with Crippen LogP contribution in [0.1, 0.15) is 67.0 Å². The molecule has 0 aromatic heterocycles. The molecule has 0 radical (unpaired) electrons. The molecule has 1 heterocycles. The number of carbonyl (C=O) groups is 1. The van der Waals surface area contributed by atoms with Gasteiger partial charge in [0.2, 0.25) is 0 Å². The molecule has 5 nitrogen and oxygen atoms in total. The first-order valence-electron chi connectivity index (χ1n) is 8.86. The number of benzene rings is 1. The maximum absolute atomic E-state index is 14.6. The molecule has 1 saturated heterocycles. The van der Waals surface area contributed by atoms with Gasteiger partial charge in [-0.05, 0) is 66.9 Å². The Morgan fingerprint density at radius 3 is 2.19 bits per heavy atom. The zero-order chi connectivity index (χ0) is 19.9. The fraction of sp³-hybridized carbons (Fsp3) is 0.632. The van der Waals surface area contributed by atoms with Crippen molar-refractivity contribution in [2.75, 3.05) is 0 Å². The molecule has 1 aromatic carbocycles. The van der Waals surface area contributed by atoms with E-state index >= 15 is 0 Å². The van der Waals surface area contributed by atoms with E-state index in [1.807, 2.05) is 27.7 Å². The van der Waals surface area contributed by atoms with Crippen LogP contribution in [0.5, 0.6) is 0 Å². The number of amides is 1. The normalized spacial score (nSPS) is 20.0. The smallest absolute Gasteiger partial charge is 0.444 e. The number of ether oxygens (including phenoxy) is 1. The van der Waals surface area contributed by atoms with Crippen molar-refractivity contribution in [2.45, 2.75) is 78.2 Å². The lowest BCUT2D eigenvalue weighted by molar-refractivity contribution is 0.00578. The second kappa shape index (κ2) is 6.85. The molecule has 0 bridgehead atoms. The Balaban J connectivity index is 2.11. The Morgan fingerprint density at radius 2 is 1.73 bits per heavy atom. The third-order valence-corrected chi connectivity index (χ3v) is 4.75. The van der Waals surface area contributed by atoms with Gasteiger partial charge in [-0.15, -0.1) is 0 Å².